The van der Waals surface area contributed by atoms with E-state index >= 15 is 0 Å². The fraction of sp³-hybridized carbons (Fsp3) is 0.167. The second kappa shape index (κ2) is 5.31. The lowest BCUT2D eigenvalue weighted by molar-refractivity contribution is -0.140. The van der Waals surface area contributed by atoms with Crippen molar-refractivity contribution in [3.8, 4) is 0 Å². The normalized spacial score (nSPS) is 13.6. The molecule has 1 heterocycles. The van der Waals surface area contributed by atoms with Crippen molar-refractivity contribution in [2.45, 2.75) is 11.6 Å². The van der Waals surface area contributed by atoms with E-state index in [4.69, 9.17) is 23.2 Å². The molecule has 0 bridgehead atoms. The van der Waals surface area contributed by atoms with Gasteiger partial charge >= 0.3 is 6.18 Å². The second-order valence-electron chi connectivity index (χ2n) is 3.73. The number of rotatable bonds is 2. The van der Waals surface area contributed by atoms with Crippen molar-refractivity contribution in [2.75, 3.05) is 0 Å². The van der Waals surface area contributed by atoms with Gasteiger partial charge in [0.05, 0.1) is 16.0 Å². The van der Waals surface area contributed by atoms with Gasteiger partial charge in [-0.3, -0.25) is 0 Å². The Morgan fingerprint density at radius 3 is 2.37 bits per heavy atom. The molecule has 0 radical (unpaired) electrons. The molecule has 1 atom stereocenters. The fourth-order valence-electron chi connectivity index (χ4n) is 1.56. The van der Waals surface area contributed by atoms with Crippen LogP contribution in [-0.2, 0) is 6.18 Å². The van der Waals surface area contributed by atoms with Crippen LogP contribution in [0.4, 0.5) is 17.6 Å². The molecule has 0 amide bonds. The minimum atomic E-state index is -4.75. The Morgan fingerprint density at radius 1 is 1.16 bits per heavy atom. The van der Waals surface area contributed by atoms with Crippen LogP contribution in [0.25, 0.3) is 0 Å². The van der Waals surface area contributed by atoms with E-state index in [2.05, 4.69) is 0 Å². The van der Waals surface area contributed by atoms with Gasteiger partial charge in [-0.1, -0.05) is 17.7 Å². The van der Waals surface area contributed by atoms with E-state index in [0.717, 1.165) is 6.07 Å². The molecule has 0 nitrogen and oxygen atoms in total. The summed E-state index contributed by atoms with van der Waals surface area (Å²) in [7, 11) is 0. The first kappa shape index (κ1) is 14.6. The standard InChI is InChI=1S/C12H6Cl2F4S/c13-8-3-4-19-11(8)10(14)6-1-2-9(15)7(5-6)12(16,17)18/h1-5,10H. The molecule has 0 saturated carbocycles. The van der Waals surface area contributed by atoms with Gasteiger partial charge in [-0.15, -0.1) is 22.9 Å². The molecule has 0 aliphatic rings. The topological polar surface area (TPSA) is 0 Å². The summed E-state index contributed by atoms with van der Waals surface area (Å²) in [6, 6.07) is 4.29. The number of alkyl halides is 4. The van der Waals surface area contributed by atoms with Gasteiger partial charge < -0.3 is 0 Å². The fourth-order valence-corrected chi connectivity index (χ4v) is 3.19. The maximum absolute atomic E-state index is 13.2. The predicted molar refractivity (Wildman–Crippen MR) is 68.4 cm³/mol. The highest BCUT2D eigenvalue weighted by molar-refractivity contribution is 7.11. The van der Waals surface area contributed by atoms with Gasteiger partial charge in [0, 0.05) is 4.88 Å². The maximum atomic E-state index is 13.2. The summed E-state index contributed by atoms with van der Waals surface area (Å²) >= 11 is 13.2. The number of thiophene rings is 1. The minimum absolute atomic E-state index is 0.153. The lowest BCUT2D eigenvalue weighted by atomic mass is 10.1. The van der Waals surface area contributed by atoms with Crippen molar-refractivity contribution in [1.82, 2.24) is 0 Å². The van der Waals surface area contributed by atoms with Crippen LogP contribution in [0.5, 0.6) is 0 Å². The maximum Gasteiger partial charge on any atom is 0.419 e. The number of hydrogen-bond donors (Lipinski definition) is 0. The zero-order valence-electron chi connectivity index (χ0n) is 9.14. The molecular formula is C12H6Cl2F4S. The zero-order valence-corrected chi connectivity index (χ0v) is 11.5. The summed E-state index contributed by atoms with van der Waals surface area (Å²) in [5, 5.41) is 1.22. The highest BCUT2D eigenvalue weighted by Crippen LogP contribution is 2.40. The highest BCUT2D eigenvalue weighted by Gasteiger charge is 2.34. The molecule has 0 saturated heterocycles. The van der Waals surface area contributed by atoms with Crippen molar-refractivity contribution >= 4 is 34.5 Å². The molecule has 2 aromatic rings. The van der Waals surface area contributed by atoms with E-state index in [0.29, 0.717) is 16.0 Å². The first-order valence-electron chi connectivity index (χ1n) is 5.04. The third-order valence-corrected chi connectivity index (χ3v) is 4.49. The third kappa shape index (κ3) is 3.04. The number of hydrogen-bond acceptors (Lipinski definition) is 1. The minimum Gasteiger partial charge on any atom is -0.206 e. The molecule has 1 aromatic heterocycles. The molecule has 0 aliphatic heterocycles. The Bertz CT molecular complexity index is 592. The SMILES string of the molecule is Fc1ccc(C(Cl)c2sccc2Cl)cc1C(F)(F)F. The zero-order chi connectivity index (χ0) is 14.2. The van der Waals surface area contributed by atoms with E-state index in [1.165, 1.54) is 17.4 Å². The van der Waals surface area contributed by atoms with Gasteiger partial charge in [0.15, 0.2) is 0 Å². The Kier molecular flexibility index (Phi) is 4.08. The summed E-state index contributed by atoms with van der Waals surface area (Å²) in [6.45, 7) is 0. The van der Waals surface area contributed by atoms with E-state index in [-0.39, 0.29) is 5.56 Å². The van der Waals surface area contributed by atoms with Crippen molar-refractivity contribution in [2.24, 2.45) is 0 Å². The van der Waals surface area contributed by atoms with Gasteiger partial charge in [0.2, 0.25) is 0 Å². The Labute approximate surface area is 120 Å². The molecule has 2 rings (SSSR count). The lowest BCUT2D eigenvalue weighted by Gasteiger charge is -2.13. The van der Waals surface area contributed by atoms with E-state index in [9.17, 15) is 17.6 Å². The average molecular weight is 329 g/mol. The Balaban J connectivity index is 2.44. The largest absolute Gasteiger partial charge is 0.419 e. The van der Waals surface area contributed by atoms with Crippen molar-refractivity contribution in [1.29, 1.82) is 0 Å². The summed E-state index contributed by atoms with van der Waals surface area (Å²) < 4.78 is 51.0. The molecule has 0 aliphatic carbocycles. The van der Waals surface area contributed by atoms with Gasteiger partial charge in [-0.25, -0.2) is 4.39 Å². The van der Waals surface area contributed by atoms with Crippen LogP contribution in [0.2, 0.25) is 5.02 Å². The summed E-state index contributed by atoms with van der Waals surface area (Å²) in [5.41, 5.74) is -1.18. The van der Waals surface area contributed by atoms with Gasteiger partial charge in [-0.05, 0) is 29.1 Å². The molecule has 0 fully saturated rings. The number of halogens is 6. The Morgan fingerprint density at radius 2 is 1.84 bits per heavy atom. The van der Waals surface area contributed by atoms with Gasteiger partial charge in [-0.2, -0.15) is 13.2 Å². The van der Waals surface area contributed by atoms with E-state index in [1.807, 2.05) is 0 Å². The third-order valence-electron chi connectivity index (χ3n) is 2.46. The van der Waals surface area contributed by atoms with Crippen LogP contribution in [-0.4, -0.2) is 0 Å². The van der Waals surface area contributed by atoms with Crippen molar-refractivity contribution in [3.63, 3.8) is 0 Å². The van der Waals surface area contributed by atoms with Crippen LogP contribution in [0.1, 0.15) is 21.4 Å². The van der Waals surface area contributed by atoms with Crippen LogP contribution >= 0.6 is 34.5 Å². The number of benzene rings is 1. The molecule has 0 spiro atoms. The summed E-state index contributed by atoms with van der Waals surface area (Å²) in [5.74, 6) is -1.32. The van der Waals surface area contributed by atoms with Crippen molar-refractivity contribution < 1.29 is 17.6 Å². The summed E-state index contributed by atoms with van der Waals surface area (Å²) in [4.78, 5) is 0.531. The monoisotopic (exact) mass is 328 g/mol. The quantitative estimate of drug-likeness (QED) is 0.476. The van der Waals surface area contributed by atoms with E-state index in [1.54, 1.807) is 11.4 Å². The van der Waals surface area contributed by atoms with Crippen LogP contribution < -0.4 is 0 Å². The molecule has 1 unspecified atom stereocenters. The van der Waals surface area contributed by atoms with Crippen LogP contribution in [0.3, 0.4) is 0 Å². The van der Waals surface area contributed by atoms with Gasteiger partial charge in [0.25, 0.3) is 0 Å². The molecule has 19 heavy (non-hydrogen) atoms. The Hall–Kier alpha value is -0.780. The lowest BCUT2D eigenvalue weighted by Crippen LogP contribution is -2.09. The van der Waals surface area contributed by atoms with Crippen molar-refractivity contribution in [3.05, 3.63) is 56.5 Å². The van der Waals surface area contributed by atoms with E-state index < -0.39 is 22.9 Å². The molecular weight excluding hydrogens is 323 g/mol. The smallest absolute Gasteiger partial charge is 0.206 e. The molecule has 0 N–H and O–H groups in total. The van der Waals surface area contributed by atoms with Crippen LogP contribution in [0, 0.1) is 5.82 Å². The highest BCUT2D eigenvalue weighted by atomic mass is 35.5. The van der Waals surface area contributed by atoms with Crippen LogP contribution in [0.15, 0.2) is 29.6 Å². The van der Waals surface area contributed by atoms with Gasteiger partial charge in [0.1, 0.15) is 5.82 Å². The molecule has 1 aromatic carbocycles. The predicted octanol–water partition coefficient (Wildman–Crippen LogP) is 5.89. The summed E-state index contributed by atoms with van der Waals surface area (Å²) in [6.07, 6.45) is -4.75. The first-order chi connectivity index (χ1) is 8.80. The molecule has 102 valence electrons. The first-order valence-corrected chi connectivity index (χ1v) is 6.73. The second-order valence-corrected chi connectivity index (χ2v) is 5.52. The molecule has 7 heteroatoms. The average Bonchev–Trinajstić information content (AvgIpc) is 2.73.